The molecule has 1 heterocycles. The van der Waals surface area contributed by atoms with E-state index >= 15 is 0 Å². The van der Waals surface area contributed by atoms with Crippen molar-refractivity contribution in [3.63, 3.8) is 0 Å². The number of nitrogens with zero attached hydrogens (tertiary/aromatic N) is 1. The summed E-state index contributed by atoms with van der Waals surface area (Å²) >= 11 is 0. The minimum absolute atomic E-state index is 0.204. The molecule has 0 fully saturated rings. The van der Waals surface area contributed by atoms with Crippen LogP contribution in [-0.4, -0.2) is 12.8 Å². The van der Waals surface area contributed by atoms with Crippen LogP contribution in [0.2, 0.25) is 0 Å². The molecule has 0 aliphatic rings. The fraction of sp³-hybridized carbons (Fsp3) is 0.333. The Hall–Kier alpha value is -1.96. The second-order valence-corrected chi connectivity index (χ2v) is 2.33. The third kappa shape index (κ3) is 2.52. The topological polar surface area (TPSA) is 72.5 Å². The smallest absolute Gasteiger partial charge is 0.464 e. The second kappa shape index (κ2) is 4.92. The summed E-state index contributed by atoms with van der Waals surface area (Å²) in [4.78, 5) is 10.9. The third-order valence-corrected chi connectivity index (χ3v) is 1.40. The number of hydrogen-bond donors (Lipinski definition) is 0. The summed E-state index contributed by atoms with van der Waals surface area (Å²) in [5.41, 5.74) is 0. The van der Waals surface area contributed by atoms with Gasteiger partial charge in [0.2, 0.25) is 6.10 Å². The summed E-state index contributed by atoms with van der Waals surface area (Å²) in [6.45, 7) is 1.85. The highest BCUT2D eigenvalue weighted by atomic mass is 16.7. The van der Waals surface area contributed by atoms with Crippen molar-refractivity contribution in [2.75, 3.05) is 6.61 Å². The molecule has 5 heteroatoms. The van der Waals surface area contributed by atoms with Crippen LogP contribution in [0.3, 0.4) is 0 Å². The van der Waals surface area contributed by atoms with E-state index in [1.165, 1.54) is 6.26 Å². The molecule has 5 nitrogen and oxygen atoms in total. The van der Waals surface area contributed by atoms with Gasteiger partial charge in [0.25, 0.3) is 0 Å². The zero-order valence-corrected chi connectivity index (χ0v) is 7.60. The van der Waals surface area contributed by atoms with Crippen LogP contribution < -0.4 is 0 Å². The number of furan rings is 1. The zero-order valence-electron chi connectivity index (χ0n) is 7.60. The van der Waals surface area contributed by atoms with Crippen LogP contribution in [0.1, 0.15) is 18.8 Å². The van der Waals surface area contributed by atoms with Crippen molar-refractivity contribution in [3.8, 4) is 6.07 Å². The standard InChI is InChI=1S/C9H9NO4/c1-2-12-9(11)14-8(6-10)7-4-3-5-13-7/h3-5,8H,2H2,1H3. The lowest BCUT2D eigenvalue weighted by atomic mass is 10.3. The third-order valence-electron chi connectivity index (χ3n) is 1.40. The van der Waals surface area contributed by atoms with Crippen molar-refractivity contribution in [2.24, 2.45) is 0 Å². The first kappa shape index (κ1) is 10.1. The largest absolute Gasteiger partial charge is 0.510 e. The van der Waals surface area contributed by atoms with Gasteiger partial charge in [-0.25, -0.2) is 4.79 Å². The minimum atomic E-state index is -1.05. The fourth-order valence-electron chi connectivity index (χ4n) is 0.837. The molecule has 74 valence electrons. The van der Waals surface area contributed by atoms with Crippen LogP contribution >= 0.6 is 0 Å². The summed E-state index contributed by atoms with van der Waals surface area (Å²) in [6.07, 6.45) is -0.534. The molecule has 14 heavy (non-hydrogen) atoms. The average Bonchev–Trinajstić information content (AvgIpc) is 2.67. The average molecular weight is 195 g/mol. The van der Waals surface area contributed by atoms with Crippen LogP contribution in [0.25, 0.3) is 0 Å². The Balaban J connectivity index is 2.57. The highest BCUT2D eigenvalue weighted by Gasteiger charge is 2.18. The Bertz CT molecular complexity index is 325. The Morgan fingerprint density at radius 3 is 3.07 bits per heavy atom. The molecule has 1 rings (SSSR count). The first-order chi connectivity index (χ1) is 6.77. The number of rotatable bonds is 3. The van der Waals surface area contributed by atoms with Gasteiger partial charge >= 0.3 is 6.16 Å². The van der Waals surface area contributed by atoms with Gasteiger partial charge < -0.3 is 13.9 Å². The van der Waals surface area contributed by atoms with Crippen molar-refractivity contribution < 1.29 is 18.7 Å². The number of carbonyl (C=O) groups excluding carboxylic acids is 1. The summed E-state index contributed by atoms with van der Waals surface area (Å²) in [5, 5.41) is 8.67. The Kier molecular flexibility index (Phi) is 3.56. The normalized spacial score (nSPS) is 11.4. The highest BCUT2D eigenvalue weighted by molar-refractivity contribution is 5.60. The lowest BCUT2D eigenvalue weighted by molar-refractivity contribution is 0.0363. The van der Waals surface area contributed by atoms with Gasteiger partial charge in [0.05, 0.1) is 12.9 Å². The second-order valence-electron chi connectivity index (χ2n) is 2.33. The lowest BCUT2D eigenvalue weighted by Crippen LogP contribution is -2.11. The van der Waals surface area contributed by atoms with Crippen LogP contribution in [0.5, 0.6) is 0 Å². The van der Waals surface area contributed by atoms with Gasteiger partial charge in [0.1, 0.15) is 6.07 Å². The maximum absolute atomic E-state index is 10.9. The maximum atomic E-state index is 10.9. The van der Waals surface area contributed by atoms with E-state index in [0.29, 0.717) is 0 Å². The van der Waals surface area contributed by atoms with Gasteiger partial charge in [-0.05, 0) is 19.1 Å². The van der Waals surface area contributed by atoms with E-state index < -0.39 is 12.3 Å². The Morgan fingerprint density at radius 1 is 1.79 bits per heavy atom. The monoisotopic (exact) mass is 195 g/mol. The van der Waals surface area contributed by atoms with Crippen LogP contribution in [0.15, 0.2) is 22.8 Å². The first-order valence-corrected chi connectivity index (χ1v) is 4.04. The molecule has 1 aromatic rings. The van der Waals surface area contributed by atoms with Crippen molar-refractivity contribution in [1.29, 1.82) is 5.26 Å². The fourth-order valence-corrected chi connectivity index (χ4v) is 0.837. The van der Waals surface area contributed by atoms with Gasteiger partial charge in [0, 0.05) is 0 Å². The maximum Gasteiger partial charge on any atom is 0.510 e. The molecule has 1 unspecified atom stereocenters. The molecule has 0 N–H and O–H groups in total. The van der Waals surface area contributed by atoms with Crippen molar-refractivity contribution in [1.82, 2.24) is 0 Å². The van der Waals surface area contributed by atoms with Gasteiger partial charge in [-0.15, -0.1) is 0 Å². The minimum Gasteiger partial charge on any atom is -0.464 e. The molecule has 1 atom stereocenters. The van der Waals surface area contributed by atoms with Crippen molar-refractivity contribution >= 4 is 6.16 Å². The summed E-state index contributed by atoms with van der Waals surface area (Å²) in [5.74, 6) is 0.278. The molecule has 0 saturated carbocycles. The van der Waals surface area contributed by atoms with Gasteiger partial charge in [0.15, 0.2) is 5.76 Å². The van der Waals surface area contributed by atoms with Crippen LogP contribution in [-0.2, 0) is 9.47 Å². The number of nitriles is 1. The summed E-state index contributed by atoms with van der Waals surface area (Å²) < 4.78 is 14.1. The molecule has 0 spiro atoms. The SMILES string of the molecule is CCOC(=O)OC(C#N)c1ccco1. The molecular formula is C9H9NO4. The number of ether oxygens (including phenoxy) is 2. The predicted molar refractivity (Wildman–Crippen MR) is 45.2 cm³/mol. The molecule has 0 amide bonds. The first-order valence-electron chi connectivity index (χ1n) is 4.04. The van der Waals surface area contributed by atoms with E-state index in [2.05, 4.69) is 9.47 Å². The van der Waals surface area contributed by atoms with Crippen molar-refractivity contribution in [2.45, 2.75) is 13.0 Å². The van der Waals surface area contributed by atoms with E-state index in [4.69, 9.17) is 9.68 Å². The molecule has 0 aliphatic carbocycles. The Morgan fingerprint density at radius 2 is 2.57 bits per heavy atom. The molecule has 0 saturated heterocycles. The van der Waals surface area contributed by atoms with Gasteiger partial charge in [-0.1, -0.05) is 0 Å². The van der Waals surface area contributed by atoms with Crippen LogP contribution in [0, 0.1) is 11.3 Å². The lowest BCUT2D eigenvalue weighted by Gasteiger charge is -2.07. The molecule has 0 aromatic carbocycles. The highest BCUT2D eigenvalue weighted by Crippen LogP contribution is 2.17. The van der Waals surface area contributed by atoms with Gasteiger partial charge in [-0.3, -0.25) is 0 Å². The summed E-state index contributed by atoms with van der Waals surface area (Å²) in [7, 11) is 0. The van der Waals surface area contributed by atoms with E-state index in [0.717, 1.165) is 0 Å². The summed E-state index contributed by atoms with van der Waals surface area (Å²) in [6, 6.07) is 4.93. The molecule has 1 aromatic heterocycles. The van der Waals surface area contributed by atoms with E-state index in [1.807, 2.05) is 0 Å². The van der Waals surface area contributed by atoms with Gasteiger partial charge in [-0.2, -0.15) is 5.26 Å². The zero-order chi connectivity index (χ0) is 10.4. The number of hydrogen-bond acceptors (Lipinski definition) is 5. The Labute approximate surface area is 80.8 Å². The molecular weight excluding hydrogens is 186 g/mol. The number of carbonyl (C=O) groups is 1. The quantitative estimate of drug-likeness (QED) is 0.690. The van der Waals surface area contributed by atoms with Crippen LogP contribution in [0.4, 0.5) is 4.79 Å². The predicted octanol–water partition coefficient (Wildman–Crippen LogP) is 2.02. The molecule has 0 aliphatic heterocycles. The van der Waals surface area contributed by atoms with Crippen molar-refractivity contribution in [3.05, 3.63) is 24.2 Å². The molecule has 0 bridgehead atoms. The van der Waals surface area contributed by atoms with E-state index in [1.54, 1.807) is 25.1 Å². The van der Waals surface area contributed by atoms with E-state index in [9.17, 15) is 4.79 Å². The molecule has 0 radical (unpaired) electrons. The van der Waals surface area contributed by atoms with E-state index in [-0.39, 0.29) is 12.4 Å².